The van der Waals surface area contributed by atoms with Gasteiger partial charge in [-0.2, -0.15) is 0 Å². The maximum Gasteiger partial charge on any atom is 0.239 e. The summed E-state index contributed by atoms with van der Waals surface area (Å²) < 4.78 is 0. The first-order chi connectivity index (χ1) is 11.8. The van der Waals surface area contributed by atoms with Crippen LogP contribution in [0.2, 0.25) is 0 Å². The predicted molar refractivity (Wildman–Crippen MR) is 98.2 cm³/mol. The average Bonchev–Trinajstić information content (AvgIpc) is 2.55. The molecule has 1 aromatic carbocycles. The molecule has 1 fully saturated rings. The Morgan fingerprint density at radius 2 is 1.56 bits per heavy atom. The van der Waals surface area contributed by atoms with Crippen molar-refractivity contribution in [2.75, 3.05) is 10.6 Å². The van der Waals surface area contributed by atoms with Gasteiger partial charge in [-0.15, -0.1) is 0 Å². The van der Waals surface area contributed by atoms with Crippen molar-refractivity contribution in [2.24, 2.45) is 5.41 Å². The summed E-state index contributed by atoms with van der Waals surface area (Å²) in [7, 11) is 0. The van der Waals surface area contributed by atoms with Crippen molar-refractivity contribution in [1.29, 1.82) is 0 Å². The van der Waals surface area contributed by atoms with Crippen LogP contribution in [0.5, 0.6) is 0 Å². The zero-order valence-electron chi connectivity index (χ0n) is 15.1. The third kappa shape index (κ3) is 5.31. The third-order valence-electron chi connectivity index (χ3n) is 4.52. The van der Waals surface area contributed by atoms with Gasteiger partial charge in [-0.05, 0) is 44.9 Å². The molecular formula is C19H27N3O3. The molecule has 1 aromatic rings. The highest BCUT2D eigenvalue weighted by Crippen LogP contribution is 2.23. The smallest absolute Gasteiger partial charge is 0.239 e. The van der Waals surface area contributed by atoms with Gasteiger partial charge in [-0.25, -0.2) is 0 Å². The zero-order chi connectivity index (χ0) is 18.4. The van der Waals surface area contributed by atoms with Gasteiger partial charge in [0.25, 0.3) is 0 Å². The Bertz CT molecular complexity index is 649. The fourth-order valence-electron chi connectivity index (χ4n) is 2.88. The normalized spacial score (nSPS) is 15.3. The Hall–Kier alpha value is -2.37. The molecule has 0 atom stereocenters. The monoisotopic (exact) mass is 345 g/mol. The summed E-state index contributed by atoms with van der Waals surface area (Å²) in [4.78, 5) is 36.3. The second-order valence-corrected chi connectivity index (χ2v) is 7.15. The molecule has 1 aliphatic rings. The van der Waals surface area contributed by atoms with E-state index in [2.05, 4.69) is 16.0 Å². The van der Waals surface area contributed by atoms with Gasteiger partial charge >= 0.3 is 0 Å². The van der Waals surface area contributed by atoms with Gasteiger partial charge in [0.15, 0.2) is 0 Å². The zero-order valence-corrected chi connectivity index (χ0v) is 15.1. The van der Waals surface area contributed by atoms with Crippen molar-refractivity contribution in [3.8, 4) is 0 Å². The fourth-order valence-corrected chi connectivity index (χ4v) is 2.88. The highest BCUT2D eigenvalue weighted by atomic mass is 16.2. The van der Waals surface area contributed by atoms with E-state index in [-0.39, 0.29) is 23.8 Å². The second kappa shape index (κ2) is 8.14. The van der Waals surface area contributed by atoms with Crippen molar-refractivity contribution in [2.45, 2.75) is 58.9 Å². The maximum atomic E-state index is 12.6. The first-order valence-electron chi connectivity index (χ1n) is 8.79. The van der Waals surface area contributed by atoms with E-state index in [1.807, 2.05) is 0 Å². The van der Waals surface area contributed by atoms with Crippen LogP contribution in [-0.2, 0) is 14.4 Å². The molecule has 6 nitrogen and oxygen atoms in total. The lowest BCUT2D eigenvalue weighted by molar-refractivity contribution is -0.139. The Morgan fingerprint density at radius 1 is 0.960 bits per heavy atom. The van der Waals surface area contributed by atoms with Crippen molar-refractivity contribution >= 4 is 29.1 Å². The summed E-state index contributed by atoms with van der Waals surface area (Å²) in [6.07, 6.45) is 5.40. The van der Waals surface area contributed by atoms with E-state index >= 15 is 0 Å². The number of anilines is 2. The minimum Gasteiger partial charge on any atom is -0.352 e. The minimum atomic E-state index is -1.18. The number of carbonyl (C=O) groups is 3. The van der Waals surface area contributed by atoms with E-state index in [1.54, 1.807) is 38.1 Å². The molecule has 136 valence electrons. The van der Waals surface area contributed by atoms with Crippen LogP contribution in [0.15, 0.2) is 24.3 Å². The Kier molecular flexibility index (Phi) is 6.17. The number of hydrogen-bond donors (Lipinski definition) is 3. The number of rotatable bonds is 5. The summed E-state index contributed by atoms with van der Waals surface area (Å²) in [5.41, 5.74) is -0.0499. The van der Waals surface area contributed by atoms with E-state index in [0.717, 1.165) is 25.7 Å². The van der Waals surface area contributed by atoms with E-state index < -0.39 is 5.41 Å². The van der Waals surface area contributed by atoms with E-state index in [4.69, 9.17) is 0 Å². The van der Waals surface area contributed by atoms with Crippen LogP contribution >= 0.6 is 0 Å². The van der Waals surface area contributed by atoms with Crippen molar-refractivity contribution in [3.63, 3.8) is 0 Å². The van der Waals surface area contributed by atoms with Gasteiger partial charge in [0, 0.05) is 24.3 Å². The Labute approximate surface area is 148 Å². The highest BCUT2D eigenvalue weighted by molar-refractivity contribution is 6.10. The van der Waals surface area contributed by atoms with E-state index in [0.29, 0.717) is 11.4 Å². The van der Waals surface area contributed by atoms with Crippen LogP contribution in [0.1, 0.15) is 52.9 Å². The molecule has 0 aromatic heterocycles. The fraction of sp³-hybridized carbons (Fsp3) is 0.526. The highest BCUT2D eigenvalue weighted by Gasteiger charge is 2.37. The largest absolute Gasteiger partial charge is 0.352 e. The average molecular weight is 345 g/mol. The topological polar surface area (TPSA) is 87.3 Å². The summed E-state index contributed by atoms with van der Waals surface area (Å²) >= 11 is 0. The summed E-state index contributed by atoms with van der Waals surface area (Å²) in [5.74, 6) is -0.814. The van der Waals surface area contributed by atoms with Crippen LogP contribution in [-0.4, -0.2) is 23.8 Å². The Balaban J connectivity index is 2.00. The predicted octanol–water partition coefficient (Wildman–Crippen LogP) is 3.06. The second-order valence-electron chi connectivity index (χ2n) is 7.15. The molecule has 0 aliphatic heterocycles. The van der Waals surface area contributed by atoms with Gasteiger partial charge in [0.1, 0.15) is 5.41 Å². The molecule has 1 saturated carbocycles. The van der Waals surface area contributed by atoms with Gasteiger partial charge in [-0.3, -0.25) is 14.4 Å². The molecule has 0 bridgehead atoms. The lowest BCUT2D eigenvalue weighted by Gasteiger charge is -2.28. The van der Waals surface area contributed by atoms with Crippen LogP contribution < -0.4 is 16.0 Å². The summed E-state index contributed by atoms with van der Waals surface area (Å²) in [5, 5.41) is 8.43. The molecule has 3 N–H and O–H groups in total. The Morgan fingerprint density at radius 3 is 2.16 bits per heavy atom. The molecule has 0 unspecified atom stereocenters. The third-order valence-corrected chi connectivity index (χ3v) is 4.52. The molecule has 6 heteroatoms. The van der Waals surface area contributed by atoms with E-state index in [1.165, 1.54) is 13.3 Å². The molecule has 1 aliphatic carbocycles. The molecule has 0 saturated heterocycles. The lowest BCUT2D eigenvalue weighted by Crippen LogP contribution is -2.49. The lowest BCUT2D eigenvalue weighted by atomic mass is 9.88. The number of benzene rings is 1. The SMILES string of the molecule is CC(=O)Nc1cccc(NC(=O)C(C)(C)C(=O)NC2CCCCC2)c1. The molecule has 25 heavy (non-hydrogen) atoms. The van der Waals surface area contributed by atoms with Crippen molar-refractivity contribution in [1.82, 2.24) is 5.32 Å². The van der Waals surface area contributed by atoms with Gasteiger partial charge in [-0.1, -0.05) is 25.3 Å². The first kappa shape index (κ1) is 19.0. The van der Waals surface area contributed by atoms with Gasteiger partial charge in [0.05, 0.1) is 0 Å². The molecule has 2 rings (SSSR count). The van der Waals surface area contributed by atoms with Crippen LogP contribution in [0.4, 0.5) is 11.4 Å². The van der Waals surface area contributed by atoms with Gasteiger partial charge in [0.2, 0.25) is 17.7 Å². The number of amides is 3. The summed E-state index contributed by atoms with van der Waals surface area (Å²) in [6, 6.07) is 7.01. The minimum absolute atomic E-state index is 0.163. The van der Waals surface area contributed by atoms with Gasteiger partial charge < -0.3 is 16.0 Å². The van der Waals surface area contributed by atoms with Crippen LogP contribution in [0, 0.1) is 5.41 Å². The van der Waals surface area contributed by atoms with E-state index in [9.17, 15) is 14.4 Å². The summed E-state index contributed by atoms with van der Waals surface area (Å²) in [6.45, 7) is 4.67. The quantitative estimate of drug-likeness (QED) is 0.717. The number of nitrogens with one attached hydrogen (secondary N) is 3. The van der Waals surface area contributed by atoms with Crippen molar-refractivity contribution in [3.05, 3.63) is 24.3 Å². The molecule has 0 spiro atoms. The molecule has 3 amide bonds. The van der Waals surface area contributed by atoms with Crippen LogP contribution in [0.25, 0.3) is 0 Å². The maximum absolute atomic E-state index is 12.6. The number of hydrogen-bond acceptors (Lipinski definition) is 3. The molecule has 0 heterocycles. The standard InChI is InChI=1S/C19H27N3O3/c1-13(23)20-15-10-7-11-16(12-15)22-18(25)19(2,3)17(24)21-14-8-5-4-6-9-14/h7,10-12,14H,4-6,8-9H2,1-3H3,(H,20,23)(H,21,24)(H,22,25). The van der Waals surface area contributed by atoms with Crippen molar-refractivity contribution < 1.29 is 14.4 Å². The van der Waals surface area contributed by atoms with Crippen LogP contribution in [0.3, 0.4) is 0 Å². The number of carbonyl (C=O) groups excluding carboxylic acids is 3. The molecule has 0 radical (unpaired) electrons. The first-order valence-corrected chi connectivity index (χ1v) is 8.79. The molecular weight excluding hydrogens is 318 g/mol.